The molecule has 0 saturated carbocycles. The molecule has 1 fully saturated rings. The smallest absolute Gasteiger partial charge is 0.263 e. The lowest BCUT2D eigenvalue weighted by Gasteiger charge is -2.39. The van der Waals surface area contributed by atoms with Crippen molar-refractivity contribution in [2.24, 2.45) is 0 Å². The Morgan fingerprint density at radius 2 is 1.56 bits per heavy atom. The van der Waals surface area contributed by atoms with Crippen molar-refractivity contribution in [1.29, 1.82) is 0 Å². The van der Waals surface area contributed by atoms with Crippen LogP contribution in [0.4, 0.5) is 5.69 Å². The number of nitrogens with zero attached hydrogens (tertiary/aromatic N) is 1. The summed E-state index contributed by atoms with van der Waals surface area (Å²) < 4.78 is 39.8. The van der Waals surface area contributed by atoms with E-state index >= 15 is 0 Å². The zero-order chi connectivity index (χ0) is 25.0. The van der Waals surface area contributed by atoms with Gasteiger partial charge in [-0.2, -0.15) is 0 Å². The molecule has 1 N–H and O–H groups in total. The summed E-state index contributed by atoms with van der Waals surface area (Å²) in [6.07, 6.45) is 0.630. The summed E-state index contributed by atoms with van der Waals surface area (Å²) in [6, 6.07) is 26.1. The fourth-order valence-electron chi connectivity index (χ4n) is 4.96. The van der Waals surface area contributed by atoms with Crippen LogP contribution in [0.1, 0.15) is 24.0 Å². The number of anilines is 1. The molecular formula is C28H30N2O5S. The molecule has 0 aromatic heterocycles. The van der Waals surface area contributed by atoms with Crippen LogP contribution < -0.4 is 14.4 Å². The van der Waals surface area contributed by atoms with Gasteiger partial charge in [0.05, 0.1) is 18.0 Å². The first-order chi connectivity index (χ1) is 17.5. The first-order valence-electron chi connectivity index (χ1n) is 12.2. The van der Waals surface area contributed by atoms with E-state index in [-0.39, 0.29) is 23.6 Å². The van der Waals surface area contributed by atoms with Gasteiger partial charge in [0.1, 0.15) is 5.75 Å². The van der Waals surface area contributed by atoms with Crippen molar-refractivity contribution < 1.29 is 22.7 Å². The SMILES string of the molecule is O=C(NCC1(c2ccccc2)CCOCC1)C1CN(S(=O)(=O)Cc2ccccc2)c2ccccc2O1. The van der Waals surface area contributed by atoms with Crippen molar-refractivity contribution >= 4 is 21.6 Å². The summed E-state index contributed by atoms with van der Waals surface area (Å²) in [5, 5.41) is 3.07. The zero-order valence-electron chi connectivity index (χ0n) is 20.0. The van der Waals surface area contributed by atoms with Gasteiger partial charge in [-0.05, 0) is 36.1 Å². The number of amides is 1. The predicted molar refractivity (Wildman–Crippen MR) is 138 cm³/mol. The third-order valence-corrected chi connectivity index (χ3v) is 8.71. The van der Waals surface area contributed by atoms with E-state index in [9.17, 15) is 13.2 Å². The molecule has 36 heavy (non-hydrogen) atoms. The molecule has 1 amide bonds. The number of hydrogen-bond acceptors (Lipinski definition) is 5. The van der Waals surface area contributed by atoms with Crippen LogP contribution in [0.2, 0.25) is 0 Å². The van der Waals surface area contributed by atoms with Crippen LogP contribution in [0.15, 0.2) is 84.9 Å². The Morgan fingerprint density at radius 3 is 2.28 bits per heavy atom. The second kappa shape index (κ2) is 10.3. The number of carbonyl (C=O) groups excluding carboxylic acids is 1. The summed E-state index contributed by atoms with van der Waals surface area (Å²) in [4.78, 5) is 13.4. The van der Waals surface area contributed by atoms with Gasteiger partial charge in [-0.3, -0.25) is 9.10 Å². The highest BCUT2D eigenvalue weighted by Crippen LogP contribution is 2.37. The number of sulfonamides is 1. The molecule has 2 heterocycles. The minimum atomic E-state index is -3.75. The van der Waals surface area contributed by atoms with E-state index < -0.39 is 16.1 Å². The number of nitrogens with one attached hydrogen (secondary N) is 1. The van der Waals surface area contributed by atoms with Gasteiger partial charge >= 0.3 is 0 Å². The molecule has 5 rings (SSSR count). The standard InChI is InChI=1S/C28H30N2O5S/c31-27(29-21-28(15-17-34-18-16-28)23-11-5-2-6-12-23)26-19-30(24-13-7-8-14-25(24)35-26)36(32,33)20-22-9-3-1-4-10-22/h1-14,26H,15-21H2,(H,29,31). The van der Waals surface area contributed by atoms with Crippen LogP contribution in [0, 0.1) is 0 Å². The van der Waals surface area contributed by atoms with Crippen molar-refractivity contribution in [2.75, 3.05) is 30.6 Å². The fraction of sp³-hybridized carbons (Fsp3) is 0.321. The van der Waals surface area contributed by atoms with Gasteiger partial charge in [0, 0.05) is 25.2 Å². The largest absolute Gasteiger partial charge is 0.476 e. The summed E-state index contributed by atoms with van der Waals surface area (Å²) >= 11 is 0. The summed E-state index contributed by atoms with van der Waals surface area (Å²) in [5.41, 5.74) is 2.06. The number of para-hydroxylation sites is 2. The number of carbonyl (C=O) groups is 1. The van der Waals surface area contributed by atoms with Crippen molar-refractivity contribution in [3.63, 3.8) is 0 Å². The number of hydrogen-bond donors (Lipinski definition) is 1. The van der Waals surface area contributed by atoms with Crippen molar-refractivity contribution in [3.8, 4) is 5.75 Å². The third kappa shape index (κ3) is 5.10. The summed E-state index contributed by atoms with van der Waals surface area (Å²) in [7, 11) is -3.75. The lowest BCUT2D eigenvalue weighted by Crippen LogP contribution is -2.53. The monoisotopic (exact) mass is 506 g/mol. The molecule has 3 aromatic rings. The van der Waals surface area contributed by atoms with Gasteiger partial charge in [-0.25, -0.2) is 8.42 Å². The van der Waals surface area contributed by atoms with E-state index in [1.165, 1.54) is 4.31 Å². The van der Waals surface area contributed by atoms with Crippen LogP contribution in [-0.2, 0) is 30.7 Å². The fourth-order valence-corrected chi connectivity index (χ4v) is 6.54. The van der Waals surface area contributed by atoms with Crippen LogP contribution in [0.5, 0.6) is 5.75 Å². The Balaban J connectivity index is 1.36. The number of fused-ring (bicyclic) bond motifs is 1. The Morgan fingerprint density at radius 1 is 0.917 bits per heavy atom. The van der Waals surface area contributed by atoms with E-state index in [1.54, 1.807) is 36.4 Å². The molecule has 2 aliphatic rings. The molecule has 8 heteroatoms. The number of benzene rings is 3. The highest BCUT2D eigenvalue weighted by Gasteiger charge is 2.39. The lowest BCUT2D eigenvalue weighted by atomic mass is 9.74. The quantitative estimate of drug-likeness (QED) is 0.529. The van der Waals surface area contributed by atoms with E-state index in [2.05, 4.69) is 17.4 Å². The maximum Gasteiger partial charge on any atom is 0.263 e. The first-order valence-corrected chi connectivity index (χ1v) is 13.8. The molecule has 188 valence electrons. The highest BCUT2D eigenvalue weighted by atomic mass is 32.2. The first kappa shape index (κ1) is 24.3. The Labute approximate surface area is 212 Å². The maximum atomic E-state index is 13.5. The van der Waals surface area contributed by atoms with Crippen LogP contribution in [0.25, 0.3) is 0 Å². The van der Waals surface area contributed by atoms with Crippen molar-refractivity contribution in [2.45, 2.75) is 30.1 Å². The second-order valence-corrected chi connectivity index (χ2v) is 11.2. The summed E-state index contributed by atoms with van der Waals surface area (Å²) in [5.74, 6) is -0.108. The van der Waals surface area contributed by atoms with Crippen LogP contribution in [0.3, 0.4) is 0 Å². The second-order valence-electron chi connectivity index (χ2n) is 9.32. The molecule has 0 aliphatic carbocycles. The number of rotatable bonds is 7. The lowest BCUT2D eigenvalue weighted by molar-refractivity contribution is -0.128. The van der Waals surface area contributed by atoms with Gasteiger partial charge in [0.2, 0.25) is 10.0 Å². The number of ether oxygens (including phenoxy) is 2. The van der Waals surface area contributed by atoms with E-state index in [0.717, 1.165) is 18.4 Å². The van der Waals surface area contributed by atoms with Crippen LogP contribution in [-0.4, -0.2) is 46.7 Å². The summed E-state index contributed by atoms with van der Waals surface area (Å²) in [6.45, 7) is 1.60. The molecule has 0 spiro atoms. The normalized spacial score (nSPS) is 19.1. The zero-order valence-corrected chi connectivity index (χ0v) is 20.8. The minimum Gasteiger partial charge on any atom is -0.476 e. The van der Waals surface area contributed by atoms with Crippen LogP contribution >= 0.6 is 0 Å². The van der Waals surface area contributed by atoms with Crippen molar-refractivity contribution in [3.05, 3.63) is 96.1 Å². The van der Waals surface area contributed by atoms with Gasteiger partial charge in [-0.15, -0.1) is 0 Å². The molecule has 1 atom stereocenters. The average molecular weight is 507 g/mol. The van der Waals surface area contributed by atoms with E-state index in [1.807, 2.05) is 36.4 Å². The van der Waals surface area contributed by atoms with Gasteiger partial charge < -0.3 is 14.8 Å². The van der Waals surface area contributed by atoms with E-state index in [4.69, 9.17) is 9.47 Å². The highest BCUT2D eigenvalue weighted by molar-refractivity contribution is 7.92. The Kier molecular flexibility index (Phi) is 6.98. The molecule has 3 aromatic carbocycles. The maximum absolute atomic E-state index is 13.5. The molecule has 7 nitrogen and oxygen atoms in total. The molecule has 0 radical (unpaired) electrons. The molecule has 2 aliphatic heterocycles. The third-order valence-electron chi connectivity index (χ3n) is 6.99. The Hall–Kier alpha value is -3.36. The molecule has 1 saturated heterocycles. The average Bonchev–Trinajstić information content (AvgIpc) is 2.92. The van der Waals surface area contributed by atoms with Gasteiger partial charge in [0.25, 0.3) is 5.91 Å². The minimum absolute atomic E-state index is 0.0839. The topological polar surface area (TPSA) is 84.9 Å². The van der Waals surface area contributed by atoms with Gasteiger partial charge in [0.15, 0.2) is 6.10 Å². The Bertz CT molecular complexity index is 1290. The van der Waals surface area contributed by atoms with Crippen molar-refractivity contribution in [1.82, 2.24) is 5.32 Å². The van der Waals surface area contributed by atoms with E-state index in [0.29, 0.717) is 36.8 Å². The molecular weight excluding hydrogens is 476 g/mol. The predicted octanol–water partition coefficient (Wildman–Crippen LogP) is 3.65. The molecule has 0 bridgehead atoms. The van der Waals surface area contributed by atoms with Gasteiger partial charge in [-0.1, -0.05) is 72.8 Å². The molecule has 1 unspecified atom stereocenters.